The molecule has 2 aromatic carbocycles. The van der Waals surface area contributed by atoms with Gasteiger partial charge in [-0.2, -0.15) is 18.3 Å². The average molecular weight is 399 g/mol. The van der Waals surface area contributed by atoms with Gasteiger partial charge in [0.15, 0.2) is 6.61 Å². The maximum atomic E-state index is 13.1. The second-order valence-corrected chi connectivity index (χ2v) is 5.95. The molecule has 0 aliphatic carbocycles. The third kappa shape index (κ3) is 4.38. The molecule has 0 spiro atoms. The smallest absolute Gasteiger partial charge is 0.422 e. The highest BCUT2D eigenvalue weighted by molar-refractivity contribution is 6.09. The Kier molecular flexibility index (Phi) is 5.21. The monoisotopic (exact) mass is 399 g/mol. The number of nitrogens with one attached hydrogen (secondary N) is 1. The van der Waals surface area contributed by atoms with Crippen molar-refractivity contribution in [1.82, 2.24) is 9.78 Å². The van der Waals surface area contributed by atoms with Gasteiger partial charge in [0.2, 0.25) is 0 Å². The van der Waals surface area contributed by atoms with E-state index in [1.165, 1.54) is 37.5 Å². The molecular formula is C18H14F5N3O2. The van der Waals surface area contributed by atoms with E-state index in [9.17, 15) is 26.7 Å². The minimum atomic E-state index is -4.49. The molecule has 0 atom stereocenters. The van der Waals surface area contributed by atoms with Crippen LogP contribution in [0.25, 0.3) is 10.8 Å². The van der Waals surface area contributed by atoms with Gasteiger partial charge in [0.05, 0.1) is 5.56 Å². The zero-order chi connectivity index (χ0) is 20.5. The summed E-state index contributed by atoms with van der Waals surface area (Å²) in [5, 5.41) is 7.11. The van der Waals surface area contributed by atoms with Crippen molar-refractivity contribution in [2.75, 3.05) is 11.9 Å². The molecule has 0 aliphatic rings. The van der Waals surface area contributed by atoms with Crippen molar-refractivity contribution >= 4 is 22.4 Å². The van der Waals surface area contributed by atoms with Crippen LogP contribution in [0.2, 0.25) is 0 Å². The summed E-state index contributed by atoms with van der Waals surface area (Å²) in [6.07, 6.45) is -6.26. The number of amides is 1. The molecule has 148 valence electrons. The lowest BCUT2D eigenvalue weighted by Gasteiger charge is -2.12. The highest BCUT2D eigenvalue weighted by atomic mass is 19.4. The molecule has 10 heteroatoms. The standard InChI is InChI=1S/C18H14F5N3O2/c1-26-8-13(15(25-26)16(19)20)17(27)24-14-4-2-3-10-5-6-11(7-12(10)14)28-9-18(21,22)23/h2-8,16H,9H2,1H3,(H,24,27). The number of carbonyl (C=O) groups is 1. The van der Waals surface area contributed by atoms with E-state index in [1.54, 1.807) is 12.1 Å². The van der Waals surface area contributed by atoms with E-state index in [2.05, 4.69) is 10.4 Å². The fourth-order valence-corrected chi connectivity index (χ4v) is 2.65. The molecule has 0 saturated heterocycles. The number of halogens is 5. The Morgan fingerprint density at radius 3 is 2.68 bits per heavy atom. The Hall–Kier alpha value is -3.17. The molecule has 0 radical (unpaired) electrons. The maximum absolute atomic E-state index is 13.1. The first-order valence-electron chi connectivity index (χ1n) is 7.99. The quantitative estimate of drug-likeness (QED) is 0.633. The van der Waals surface area contributed by atoms with Crippen LogP contribution in [0, 0.1) is 0 Å². The van der Waals surface area contributed by atoms with Crippen LogP contribution in [0.3, 0.4) is 0 Å². The van der Waals surface area contributed by atoms with E-state index >= 15 is 0 Å². The molecule has 1 aromatic heterocycles. The fraction of sp³-hybridized carbons (Fsp3) is 0.222. The summed E-state index contributed by atoms with van der Waals surface area (Å²) in [6.45, 7) is -1.46. The molecule has 1 amide bonds. The largest absolute Gasteiger partial charge is 0.484 e. The Morgan fingerprint density at radius 1 is 1.25 bits per heavy atom. The van der Waals surface area contributed by atoms with Gasteiger partial charge < -0.3 is 10.1 Å². The van der Waals surface area contributed by atoms with Crippen LogP contribution in [-0.4, -0.2) is 28.5 Å². The van der Waals surface area contributed by atoms with E-state index in [4.69, 9.17) is 4.74 Å². The zero-order valence-electron chi connectivity index (χ0n) is 14.4. The number of benzene rings is 2. The Balaban J connectivity index is 1.91. The van der Waals surface area contributed by atoms with Gasteiger partial charge in [-0.05, 0) is 23.6 Å². The number of carbonyl (C=O) groups excluding carboxylic acids is 1. The summed E-state index contributed by atoms with van der Waals surface area (Å²) in [6, 6.07) is 9.06. The van der Waals surface area contributed by atoms with Gasteiger partial charge in [0.25, 0.3) is 12.3 Å². The summed E-state index contributed by atoms with van der Waals surface area (Å²) < 4.78 is 69.0. The molecule has 0 unspecified atom stereocenters. The summed E-state index contributed by atoms with van der Waals surface area (Å²) >= 11 is 0. The molecule has 28 heavy (non-hydrogen) atoms. The van der Waals surface area contributed by atoms with E-state index in [0.717, 1.165) is 4.68 Å². The van der Waals surface area contributed by atoms with E-state index < -0.39 is 30.8 Å². The van der Waals surface area contributed by atoms with Crippen LogP contribution in [0.15, 0.2) is 42.6 Å². The number of aryl methyl sites for hydroxylation is 1. The first-order valence-corrected chi connectivity index (χ1v) is 7.99. The molecule has 3 rings (SSSR count). The van der Waals surface area contributed by atoms with Gasteiger partial charge in [-0.1, -0.05) is 18.2 Å². The fourth-order valence-electron chi connectivity index (χ4n) is 2.65. The highest BCUT2D eigenvalue weighted by Crippen LogP contribution is 2.30. The van der Waals surface area contributed by atoms with Gasteiger partial charge in [0, 0.05) is 24.3 Å². The third-order valence-corrected chi connectivity index (χ3v) is 3.81. The normalized spacial score (nSPS) is 11.8. The molecule has 0 saturated carbocycles. The van der Waals surface area contributed by atoms with Crippen molar-refractivity contribution in [2.24, 2.45) is 7.05 Å². The lowest BCUT2D eigenvalue weighted by molar-refractivity contribution is -0.153. The number of anilines is 1. The Morgan fingerprint density at radius 2 is 2.00 bits per heavy atom. The number of fused-ring (bicyclic) bond motifs is 1. The predicted molar refractivity (Wildman–Crippen MR) is 91.6 cm³/mol. The maximum Gasteiger partial charge on any atom is 0.422 e. The molecule has 1 heterocycles. The summed E-state index contributed by atoms with van der Waals surface area (Å²) in [4.78, 5) is 12.5. The Bertz CT molecular complexity index is 1010. The minimum absolute atomic E-state index is 0.0406. The number of ether oxygens (including phenoxy) is 1. The van der Waals surface area contributed by atoms with Gasteiger partial charge in [-0.25, -0.2) is 8.78 Å². The topological polar surface area (TPSA) is 56.2 Å². The second-order valence-electron chi connectivity index (χ2n) is 5.95. The Labute approximate surface area is 155 Å². The van der Waals surface area contributed by atoms with Gasteiger partial charge in [0.1, 0.15) is 11.4 Å². The van der Waals surface area contributed by atoms with Crippen LogP contribution >= 0.6 is 0 Å². The van der Waals surface area contributed by atoms with Crippen molar-refractivity contribution in [3.05, 3.63) is 53.9 Å². The molecule has 0 aliphatic heterocycles. The lowest BCUT2D eigenvalue weighted by Crippen LogP contribution is -2.19. The third-order valence-electron chi connectivity index (χ3n) is 3.81. The molecule has 1 N–H and O–H groups in total. The second kappa shape index (κ2) is 7.45. The number of nitrogens with zero attached hydrogens (tertiary/aromatic N) is 2. The SMILES string of the molecule is Cn1cc(C(=O)Nc2cccc3ccc(OCC(F)(F)F)cc23)c(C(F)F)n1. The molecule has 5 nitrogen and oxygen atoms in total. The first kappa shape index (κ1) is 19.6. The molecule has 0 bridgehead atoms. The molecule has 0 fully saturated rings. The van der Waals surface area contributed by atoms with E-state index in [-0.39, 0.29) is 17.0 Å². The van der Waals surface area contributed by atoms with Crippen LogP contribution < -0.4 is 10.1 Å². The van der Waals surface area contributed by atoms with Crippen molar-refractivity contribution < 1.29 is 31.5 Å². The van der Waals surface area contributed by atoms with E-state index in [1.807, 2.05) is 0 Å². The highest BCUT2D eigenvalue weighted by Gasteiger charge is 2.28. The predicted octanol–water partition coefficient (Wildman–Crippen LogP) is 4.70. The van der Waals surface area contributed by atoms with Crippen molar-refractivity contribution in [3.63, 3.8) is 0 Å². The number of rotatable bonds is 5. The van der Waals surface area contributed by atoms with Gasteiger partial charge in [-0.15, -0.1) is 0 Å². The summed E-state index contributed by atoms with van der Waals surface area (Å²) in [7, 11) is 1.41. The number of hydrogen-bond donors (Lipinski definition) is 1. The summed E-state index contributed by atoms with van der Waals surface area (Å²) in [5.74, 6) is -0.848. The first-order chi connectivity index (χ1) is 13.1. The van der Waals surface area contributed by atoms with E-state index in [0.29, 0.717) is 10.8 Å². The van der Waals surface area contributed by atoms with Crippen LogP contribution in [-0.2, 0) is 7.05 Å². The average Bonchev–Trinajstić information content (AvgIpc) is 3.02. The van der Waals surface area contributed by atoms with Crippen molar-refractivity contribution in [1.29, 1.82) is 0 Å². The van der Waals surface area contributed by atoms with Gasteiger partial charge >= 0.3 is 6.18 Å². The van der Waals surface area contributed by atoms with Crippen LogP contribution in [0.1, 0.15) is 22.5 Å². The van der Waals surface area contributed by atoms with Crippen molar-refractivity contribution in [2.45, 2.75) is 12.6 Å². The number of alkyl halides is 5. The lowest BCUT2D eigenvalue weighted by atomic mass is 10.1. The summed E-state index contributed by atoms with van der Waals surface area (Å²) in [5.41, 5.74) is -0.711. The molecule has 3 aromatic rings. The minimum Gasteiger partial charge on any atom is -0.484 e. The van der Waals surface area contributed by atoms with Gasteiger partial charge in [-0.3, -0.25) is 9.48 Å². The zero-order valence-corrected chi connectivity index (χ0v) is 14.4. The van der Waals surface area contributed by atoms with Crippen LogP contribution in [0.4, 0.5) is 27.6 Å². The number of hydrogen-bond acceptors (Lipinski definition) is 3. The molecular weight excluding hydrogens is 385 g/mol. The number of aromatic nitrogens is 2. The van der Waals surface area contributed by atoms with Crippen LogP contribution in [0.5, 0.6) is 5.75 Å². The van der Waals surface area contributed by atoms with Crippen molar-refractivity contribution in [3.8, 4) is 5.75 Å².